The number of nitrogens with two attached hydrogens (primary N) is 1. The summed E-state index contributed by atoms with van der Waals surface area (Å²) >= 11 is 0. The Kier molecular flexibility index (Phi) is 9.58. The summed E-state index contributed by atoms with van der Waals surface area (Å²) in [5.74, 6) is 0.500. The van der Waals surface area contributed by atoms with E-state index in [1.165, 1.54) is 16.7 Å². The van der Waals surface area contributed by atoms with Gasteiger partial charge in [-0.15, -0.1) is 24.0 Å². The summed E-state index contributed by atoms with van der Waals surface area (Å²) in [6, 6.07) is 19.0. The van der Waals surface area contributed by atoms with Crippen LogP contribution in [0, 0.1) is 0 Å². The summed E-state index contributed by atoms with van der Waals surface area (Å²) in [5.41, 5.74) is 9.78. The quantitative estimate of drug-likeness (QED) is 0.364. The number of ether oxygens (including phenoxy) is 1. The van der Waals surface area contributed by atoms with E-state index in [4.69, 9.17) is 10.5 Å². The molecule has 1 aliphatic heterocycles. The SMILES string of the molecule is I.NC(=NCc1cccc(CN2CCOCC2)c1)NCCc1ccccc1. The zero-order valence-corrected chi connectivity index (χ0v) is 18.0. The van der Waals surface area contributed by atoms with Gasteiger partial charge >= 0.3 is 0 Å². The fourth-order valence-corrected chi connectivity index (χ4v) is 3.06. The molecule has 3 rings (SSSR count). The first-order valence-corrected chi connectivity index (χ1v) is 9.25. The molecule has 1 fully saturated rings. The first-order valence-electron chi connectivity index (χ1n) is 9.25. The number of morpholine rings is 1. The van der Waals surface area contributed by atoms with Crippen molar-refractivity contribution in [1.82, 2.24) is 10.2 Å². The maximum atomic E-state index is 5.99. The van der Waals surface area contributed by atoms with E-state index in [2.05, 4.69) is 63.7 Å². The Hall–Kier alpha value is -1.64. The highest BCUT2D eigenvalue weighted by Crippen LogP contribution is 2.10. The molecule has 3 N–H and O–H groups in total. The topological polar surface area (TPSA) is 62.9 Å². The number of benzene rings is 2. The molecule has 1 heterocycles. The Morgan fingerprint density at radius 2 is 1.70 bits per heavy atom. The normalized spacial score (nSPS) is 15.2. The van der Waals surface area contributed by atoms with Gasteiger partial charge in [-0.3, -0.25) is 4.90 Å². The van der Waals surface area contributed by atoms with Gasteiger partial charge in [0.15, 0.2) is 5.96 Å². The number of rotatable bonds is 7. The highest BCUT2D eigenvalue weighted by atomic mass is 127. The second-order valence-corrected chi connectivity index (χ2v) is 6.57. The summed E-state index contributed by atoms with van der Waals surface area (Å²) in [6.45, 7) is 6.01. The molecule has 5 nitrogen and oxygen atoms in total. The van der Waals surface area contributed by atoms with Crippen molar-refractivity contribution in [1.29, 1.82) is 0 Å². The van der Waals surface area contributed by atoms with Crippen molar-refractivity contribution in [3.8, 4) is 0 Å². The standard InChI is InChI=1S/C21H28N4O.HI/c22-21(23-10-9-18-5-2-1-3-6-18)24-16-19-7-4-8-20(15-19)17-25-11-13-26-14-12-25;/h1-8,15H,9-14,16-17H2,(H3,22,23,24);1H. The highest BCUT2D eigenvalue weighted by molar-refractivity contribution is 14.0. The van der Waals surface area contributed by atoms with Crippen LogP contribution in [0.3, 0.4) is 0 Å². The fourth-order valence-electron chi connectivity index (χ4n) is 3.06. The van der Waals surface area contributed by atoms with Crippen LogP contribution in [0.25, 0.3) is 0 Å². The minimum absolute atomic E-state index is 0. The van der Waals surface area contributed by atoms with Gasteiger partial charge in [-0.05, 0) is 23.1 Å². The summed E-state index contributed by atoms with van der Waals surface area (Å²) in [7, 11) is 0. The number of guanidine groups is 1. The predicted octanol–water partition coefficient (Wildman–Crippen LogP) is 2.78. The Morgan fingerprint density at radius 1 is 1.00 bits per heavy atom. The third-order valence-electron chi connectivity index (χ3n) is 4.50. The third-order valence-corrected chi connectivity index (χ3v) is 4.50. The molecule has 0 aromatic heterocycles. The van der Waals surface area contributed by atoms with Crippen molar-refractivity contribution in [2.45, 2.75) is 19.5 Å². The zero-order valence-electron chi connectivity index (χ0n) is 15.6. The molecule has 0 unspecified atom stereocenters. The molecule has 0 amide bonds. The van der Waals surface area contributed by atoms with E-state index >= 15 is 0 Å². The molecule has 1 saturated heterocycles. The molecule has 1 aliphatic rings. The zero-order chi connectivity index (χ0) is 18.0. The second-order valence-electron chi connectivity index (χ2n) is 6.57. The minimum Gasteiger partial charge on any atom is -0.379 e. The van der Waals surface area contributed by atoms with Gasteiger partial charge in [-0.1, -0.05) is 54.6 Å². The molecule has 0 radical (unpaired) electrons. The van der Waals surface area contributed by atoms with Crippen LogP contribution in [0.5, 0.6) is 0 Å². The Morgan fingerprint density at radius 3 is 2.48 bits per heavy atom. The fraction of sp³-hybridized carbons (Fsp3) is 0.381. The van der Waals surface area contributed by atoms with Gasteiger partial charge in [0.25, 0.3) is 0 Å². The van der Waals surface area contributed by atoms with Crippen LogP contribution in [0.4, 0.5) is 0 Å². The lowest BCUT2D eigenvalue weighted by atomic mass is 10.1. The van der Waals surface area contributed by atoms with Gasteiger partial charge in [0.05, 0.1) is 19.8 Å². The molecule has 0 atom stereocenters. The first-order chi connectivity index (χ1) is 12.8. The molecule has 0 aliphatic carbocycles. The number of hydrogen-bond acceptors (Lipinski definition) is 3. The van der Waals surface area contributed by atoms with E-state index in [1.54, 1.807) is 0 Å². The van der Waals surface area contributed by atoms with E-state index in [1.807, 2.05) is 6.07 Å². The average Bonchev–Trinajstić information content (AvgIpc) is 2.68. The number of hydrogen-bond donors (Lipinski definition) is 2. The van der Waals surface area contributed by atoms with Crippen LogP contribution < -0.4 is 11.1 Å². The smallest absolute Gasteiger partial charge is 0.188 e. The number of aliphatic imine (C=N–C) groups is 1. The van der Waals surface area contributed by atoms with Gasteiger partial charge in [-0.25, -0.2) is 4.99 Å². The van der Waals surface area contributed by atoms with Crippen LogP contribution in [-0.2, 0) is 24.2 Å². The Balaban J connectivity index is 0.00000261. The van der Waals surface area contributed by atoms with Crippen molar-refractivity contribution in [3.63, 3.8) is 0 Å². The average molecular weight is 480 g/mol. The maximum Gasteiger partial charge on any atom is 0.188 e. The molecule has 0 saturated carbocycles. The van der Waals surface area contributed by atoms with Gasteiger partial charge in [0.2, 0.25) is 0 Å². The van der Waals surface area contributed by atoms with Crippen molar-refractivity contribution >= 4 is 29.9 Å². The van der Waals surface area contributed by atoms with Gasteiger partial charge in [0, 0.05) is 26.2 Å². The van der Waals surface area contributed by atoms with Gasteiger partial charge < -0.3 is 15.8 Å². The van der Waals surface area contributed by atoms with E-state index in [0.29, 0.717) is 12.5 Å². The van der Waals surface area contributed by atoms with Gasteiger partial charge in [-0.2, -0.15) is 0 Å². The Bertz CT molecular complexity index is 702. The van der Waals surface area contributed by atoms with Crippen molar-refractivity contribution < 1.29 is 4.74 Å². The lowest BCUT2D eigenvalue weighted by Crippen LogP contribution is -2.35. The van der Waals surface area contributed by atoms with Crippen LogP contribution in [-0.4, -0.2) is 43.7 Å². The molecular formula is C21H29IN4O. The maximum absolute atomic E-state index is 5.99. The second kappa shape index (κ2) is 11.9. The van der Waals surface area contributed by atoms with Crippen molar-refractivity contribution in [2.24, 2.45) is 10.7 Å². The van der Waals surface area contributed by atoms with Gasteiger partial charge in [0.1, 0.15) is 0 Å². The van der Waals surface area contributed by atoms with Crippen LogP contribution >= 0.6 is 24.0 Å². The molecule has 2 aromatic rings. The Labute approximate surface area is 179 Å². The lowest BCUT2D eigenvalue weighted by Gasteiger charge is -2.26. The summed E-state index contributed by atoms with van der Waals surface area (Å²) < 4.78 is 5.41. The van der Waals surface area contributed by atoms with Crippen molar-refractivity contribution in [3.05, 3.63) is 71.3 Å². The first kappa shape index (κ1) is 21.7. The molecule has 2 aromatic carbocycles. The van der Waals surface area contributed by atoms with Crippen molar-refractivity contribution in [2.75, 3.05) is 32.8 Å². The molecule has 0 spiro atoms. The van der Waals surface area contributed by atoms with Crippen LogP contribution in [0.15, 0.2) is 59.6 Å². The molecule has 6 heteroatoms. The number of nitrogens with one attached hydrogen (secondary N) is 1. The van der Waals surface area contributed by atoms with E-state index in [0.717, 1.165) is 45.8 Å². The summed E-state index contributed by atoms with van der Waals surface area (Å²) in [6.07, 6.45) is 0.937. The van der Waals surface area contributed by atoms with Crippen LogP contribution in [0.2, 0.25) is 0 Å². The minimum atomic E-state index is 0. The number of halogens is 1. The largest absolute Gasteiger partial charge is 0.379 e. The van der Waals surface area contributed by atoms with E-state index in [-0.39, 0.29) is 24.0 Å². The van der Waals surface area contributed by atoms with Crippen LogP contribution in [0.1, 0.15) is 16.7 Å². The number of nitrogens with zero attached hydrogens (tertiary/aromatic N) is 2. The predicted molar refractivity (Wildman–Crippen MR) is 121 cm³/mol. The molecular weight excluding hydrogens is 451 g/mol. The molecule has 27 heavy (non-hydrogen) atoms. The van der Waals surface area contributed by atoms with E-state index < -0.39 is 0 Å². The van der Waals surface area contributed by atoms with E-state index in [9.17, 15) is 0 Å². The summed E-state index contributed by atoms with van der Waals surface area (Å²) in [4.78, 5) is 6.89. The molecule has 0 bridgehead atoms. The highest BCUT2D eigenvalue weighted by Gasteiger charge is 2.10. The lowest BCUT2D eigenvalue weighted by molar-refractivity contribution is 0.0342. The third kappa shape index (κ3) is 7.86. The monoisotopic (exact) mass is 480 g/mol. The summed E-state index contributed by atoms with van der Waals surface area (Å²) in [5, 5.41) is 3.19. The molecule has 146 valence electrons.